The lowest BCUT2D eigenvalue weighted by Gasteiger charge is -2.33. The van der Waals surface area contributed by atoms with E-state index in [2.05, 4.69) is 58.4 Å². The minimum absolute atomic E-state index is 0. The molecule has 4 saturated carbocycles. The Morgan fingerprint density at radius 2 is 0.750 bits per heavy atom. The molecule has 84 heavy (non-hydrogen) atoms. The van der Waals surface area contributed by atoms with Crippen LogP contribution in [0.1, 0.15) is 290 Å². The minimum Gasteiger partial charge on any atom is -0.491 e. The number of nitrogens with zero attached hydrogens (tertiary/aromatic N) is 3. The highest BCUT2D eigenvalue weighted by atomic mass is 16.6. The highest BCUT2D eigenvalue weighted by molar-refractivity contribution is 5.67. The number of unbranched alkanes of at least 4 members (excludes halogenated alkanes) is 12. The van der Waals surface area contributed by atoms with Crippen LogP contribution in [0.15, 0.2) is 63.5 Å². The molecule has 4 fully saturated rings. The number of aliphatic hydroxyl groups is 1. The van der Waals surface area contributed by atoms with Gasteiger partial charge in [-0.15, -0.1) is 0 Å². The van der Waals surface area contributed by atoms with Crippen molar-refractivity contribution in [1.82, 2.24) is 5.32 Å². The molecule has 0 radical (unpaired) electrons. The summed E-state index contributed by atoms with van der Waals surface area (Å²) in [5.74, 6) is 4.77. The molecule has 2 aromatic carbocycles. The van der Waals surface area contributed by atoms with E-state index in [1.165, 1.54) is 152 Å². The Labute approximate surface area is 517 Å². The lowest BCUT2D eigenvalue weighted by atomic mass is 9.76. The predicted octanol–water partition coefficient (Wildman–Crippen LogP) is 20.5. The van der Waals surface area contributed by atoms with Crippen LogP contribution in [0.2, 0.25) is 0 Å². The number of hydrogen-bond donors (Lipinski definition) is 2. The number of alkyl carbamates (subject to hydrolysis) is 1. The number of hydrogen-bond acceptors (Lipinski definition) is 11. The number of isocyanates is 3. The Morgan fingerprint density at radius 1 is 0.440 bits per heavy atom. The van der Waals surface area contributed by atoms with Crippen LogP contribution in [0.5, 0.6) is 11.5 Å². The Kier molecular flexibility index (Phi) is 60.3. The molecule has 0 spiro atoms. The van der Waals surface area contributed by atoms with Gasteiger partial charge >= 0.3 is 6.09 Å². The summed E-state index contributed by atoms with van der Waals surface area (Å²) in [5, 5.41) is 11.7. The summed E-state index contributed by atoms with van der Waals surface area (Å²) < 4.78 is 16.5. The molecule has 1 amide bonds. The van der Waals surface area contributed by atoms with Gasteiger partial charge in [-0.05, 0) is 200 Å². The molecule has 2 N–H and O–H groups in total. The fourth-order valence-corrected chi connectivity index (χ4v) is 12.0. The third kappa shape index (κ3) is 40.7. The molecule has 0 aromatic heterocycles. The summed E-state index contributed by atoms with van der Waals surface area (Å²) in [6.07, 6.45) is 46.1. The van der Waals surface area contributed by atoms with Gasteiger partial charge in [0.25, 0.3) is 0 Å². The molecule has 0 aliphatic heterocycles. The second-order valence-electron chi connectivity index (χ2n) is 22.6. The van der Waals surface area contributed by atoms with E-state index < -0.39 is 0 Å². The molecule has 0 bridgehead atoms. The molecule has 4 aliphatic rings. The first-order valence-corrected chi connectivity index (χ1v) is 30.5. The monoisotopic (exact) mass is 1180 g/mol. The van der Waals surface area contributed by atoms with E-state index in [1.54, 1.807) is 18.2 Å². The first-order valence-electron chi connectivity index (χ1n) is 30.5. The van der Waals surface area contributed by atoms with Gasteiger partial charge in [0.05, 0.1) is 24.7 Å². The quantitative estimate of drug-likeness (QED) is 0.0428. The lowest BCUT2D eigenvalue weighted by molar-refractivity contribution is 0.117. The molecular formula is C72H132N4O8. The second kappa shape index (κ2) is 57.5. The molecule has 2 aromatic rings. The number of carbonyl (C=O) groups is 1. The van der Waals surface area contributed by atoms with E-state index in [-0.39, 0.29) is 103 Å². The zero-order chi connectivity index (χ0) is 54.1. The maximum atomic E-state index is 12.2. The summed E-state index contributed by atoms with van der Waals surface area (Å²) in [6, 6.07) is 17.4. The van der Waals surface area contributed by atoms with Gasteiger partial charge in [0.15, 0.2) is 0 Å². The van der Waals surface area contributed by atoms with E-state index >= 15 is 0 Å². The van der Waals surface area contributed by atoms with E-state index in [0.29, 0.717) is 13.2 Å². The van der Waals surface area contributed by atoms with Crippen LogP contribution in [-0.4, -0.2) is 80.0 Å². The molecule has 0 saturated heterocycles. The van der Waals surface area contributed by atoms with Crippen LogP contribution in [-0.2, 0) is 32.0 Å². The average Bonchev–Trinajstić information content (AvgIpc) is 3.52. The smallest absolute Gasteiger partial charge is 0.407 e. The first kappa shape index (κ1) is 88.2. The molecule has 0 atom stereocenters. The first-order chi connectivity index (χ1) is 37.3. The fraction of sp³-hybridized carbons (Fsp3) is 0.778. The Hall–Kier alpha value is -4.59. The number of ether oxygens (including phenoxy) is 3. The van der Waals surface area contributed by atoms with Crippen molar-refractivity contribution in [3.8, 4) is 11.5 Å². The molecule has 12 heteroatoms. The summed E-state index contributed by atoms with van der Waals surface area (Å²) >= 11 is 0. The number of aliphatic imine (C=N–C) groups is 3. The van der Waals surface area contributed by atoms with Crippen LogP contribution >= 0.6 is 0 Å². The maximum Gasteiger partial charge on any atom is 0.407 e. The SMILES string of the molecule is C.C.C.C.C.C.C.C.CCCCCCCCCc1ccc(OCCO)cc1.CCCCCCCCCc1ccc(OCCOC(=O)NC2CCC(CC3CCC(N=C=O)CC3)CC2)cc1.O=C=NC1CCC(CC2CCC(N=C=O)CC2)CC1. The molecule has 0 unspecified atom stereocenters. The van der Waals surface area contributed by atoms with Gasteiger partial charge in [-0.25, -0.2) is 34.2 Å². The molecular weight excluding hydrogens is 1050 g/mol. The molecule has 488 valence electrons. The van der Waals surface area contributed by atoms with Gasteiger partial charge in [-0.1, -0.05) is 175 Å². The minimum atomic E-state index is -0.337. The fourth-order valence-electron chi connectivity index (χ4n) is 12.0. The van der Waals surface area contributed by atoms with Crippen molar-refractivity contribution in [1.29, 1.82) is 0 Å². The second-order valence-corrected chi connectivity index (χ2v) is 22.6. The van der Waals surface area contributed by atoms with Gasteiger partial charge in [0.2, 0.25) is 18.2 Å². The van der Waals surface area contributed by atoms with E-state index in [0.717, 1.165) is 112 Å². The van der Waals surface area contributed by atoms with Crippen molar-refractivity contribution in [3.63, 3.8) is 0 Å². The number of aryl methyl sites for hydroxylation is 2. The molecule has 12 nitrogen and oxygen atoms in total. The standard InChI is InChI=1S/C32H50N2O4.C17H28O2.C15H22N2O2.8CH4/c1-2-3-4-5-6-7-8-9-26-14-20-31(21-15-26)37-22-23-38-32(36)34-30-18-12-28(13-19-30)24-27-10-16-29(17-11-27)33-25-35;1-2-3-4-5-6-7-8-9-16-10-12-17(13-11-16)19-15-14-18;18-10-16-14-5-1-12(2-6-14)9-13-3-7-15(8-4-13)17-11-19;;;;;;;;/h14-15,20-21,27-30H,2-13,16-19,22-24H2,1H3,(H,34,36);10-13,18H,2-9,14-15H2,1H3;12-15H,1-9H2;8*1H4. The van der Waals surface area contributed by atoms with Gasteiger partial charge in [-0.3, -0.25) is 0 Å². The van der Waals surface area contributed by atoms with Crippen molar-refractivity contribution >= 4 is 24.3 Å². The molecule has 0 heterocycles. The Bertz CT molecular complexity index is 1880. The van der Waals surface area contributed by atoms with Crippen LogP contribution in [0.3, 0.4) is 0 Å². The number of aliphatic hydroxyl groups excluding tert-OH is 1. The summed E-state index contributed by atoms with van der Waals surface area (Å²) in [4.78, 5) is 54.7. The van der Waals surface area contributed by atoms with Crippen LogP contribution in [0.4, 0.5) is 4.79 Å². The van der Waals surface area contributed by atoms with Crippen molar-refractivity contribution in [3.05, 3.63) is 59.7 Å². The van der Waals surface area contributed by atoms with E-state index in [9.17, 15) is 19.2 Å². The van der Waals surface area contributed by atoms with Crippen LogP contribution in [0, 0.1) is 23.7 Å². The van der Waals surface area contributed by atoms with Crippen molar-refractivity contribution < 1.29 is 38.5 Å². The largest absolute Gasteiger partial charge is 0.491 e. The number of amides is 1. The summed E-state index contributed by atoms with van der Waals surface area (Å²) in [7, 11) is 0. The van der Waals surface area contributed by atoms with E-state index in [1.807, 2.05) is 24.3 Å². The van der Waals surface area contributed by atoms with Crippen molar-refractivity contribution in [2.75, 3.05) is 26.4 Å². The third-order valence-corrected chi connectivity index (χ3v) is 16.6. The molecule has 4 aliphatic carbocycles. The van der Waals surface area contributed by atoms with Crippen LogP contribution < -0.4 is 14.8 Å². The maximum absolute atomic E-state index is 12.2. The Balaban J connectivity index is -0.000000387. The average molecular weight is 1180 g/mol. The number of carbonyl (C=O) groups excluding carboxylic acids is 4. The normalized spacial score (nSPS) is 20.8. The Morgan fingerprint density at radius 3 is 1.07 bits per heavy atom. The summed E-state index contributed by atoms with van der Waals surface area (Å²) in [6.45, 7) is 5.56. The predicted molar refractivity (Wildman–Crippen MR) is 359 cm³/mol. The zero-order valence-electron chi connectivity index (χ0n) is 47.3. The number of benzene rings is 2. The van der Waals surface area contributed by atoms with E-state index in [4.69, 9.17) is 19.3 Å². The summed E-state index contributed by atoms with van der Waals surface area (Å²) in [5.41, 5.74) is 2.73. The third-order valence-electron chi connectivity index (χ3n) is 16.6. The highest BCUT2D eigenvalue weighted by Gasteiger charge is 2.29. The lowest BCUT2D eigenvalue weighted by Crippen LogP contribution is -2.38. The van der Waals surface area contributed by atoms with Gasteiger partial charge in [-0.2, -0.15) is 0 Å². The zero-order valence-corrected chi connectivity index (χ0v) is 47.3. The molecule has 6 rings (SSSR count). The van der Waals surface area contributed by atoms with Crippen molar-refractivity contribution in [2.45, 2.75) is 316 Å². The van der Waals surface area contributed by atoms with Gasteiger partial charge in [0.1, 0.15) is 31.3 Å². The van der Waals surface area contributed by atoms with Gasteiger partial charge in [0, 0.05) is 6.04 Å². The van der Waals surface area contributed by atoms with Gasteiger partial charge < -0.3 is 24.6 Å². The highest BCUT2D eigenvalue weighted by Crippen LogP contribution is 2.38. The number of nitrogens with one attached hydrogen (secondary N) is 1. The number of rotatable bonds is 31. The van der Waals surface area contributed by atoms with Crippen LogP contribution in [0.25, 0.3) is 0 Å². The topological polar surface area (TPSA) is 165 Å². The van der Waals surface area contributed by atoms with Crippen molar-refractivity contribution in [2.24, 2.45) is 38.6 Å².